The van der Waals surface area contributed by atoms with Crippen LogP contribution in [0.1, 0.15) is 28.2 Å². The fraction of sp³-hybridized carbons (Fsp3) is 0.333. The number of pyridine rings is 2. The van der Waals surface area contributed by atoms with E-state index in [2.05, 4.69) is 41.3 Å². The molecule has 4 aromatic rings. The number of morpholine rings is 1. The molecule has 6 rings (SSSR count). The van der Waals surface area contributed by atoms with Crippen molar-refractivity contribution in [2.75, 3.05) is 44.7 Å². The van der Waals surface area contributed by atoms with Crippen molar-refractivity contribution in [3.05, 3.63) is 71.9 Å². The van der Waals surface area contributed by atoms with Crippen molar-refractivity contribution in [2.24, 2.45) is 0 Å². The van der Waals surface area contributed by atoms with Crippen molar-refractivity contribution < 1.29 is 9.53 Å². The fourth-order valence-corrected chi connectivity index (χ4v) is 4.67. The number of anilines is 1. The maximum Gasteiger partial charge on any atom is 0.276 e. The first-order valence-corrected chi connectivity index (χ1v) is 12.4. The number of carbonyl (C=O) groups excluding carboxylic acids is 1. The van der Waals surface area contributed by atoms with Gasteiger partial charge in [-0.25, -0.2) is 0 Å². The van der Waals surface area contributed by atoms with Gasteiger partial charge in [-0.2, -0.15) is 5.10 Å². The van der Waals surface area contributed by atoms with Crippen LogP contribution in [0.25, 0.3) is 22.0 Å². The largest absolute Gasteiger partial charge is 0.379 e. The highest BCUT2D eigenvalue weighted by atomic mass is 16.5. The van der Waals surface area contributed by atoms with E-state index in [-0.39, 0.29) is 5.91 Å². The third-order valence-corrected chi connectivity index (χ3v) is 6.83. The standard InChI is InChI=1S/C27H29N7O2/c35-27(30-22-3-4-23(29-16-22)18-33-6-1-7-33)26-24-13-20(2-5-25(24)31-32-26)21-12-19(14-28-15-21)17-34-8-10-36-11-9-34/h2-5,12-16H,1,6-11,17-18H2,(H,30,35)(H,31,32). The highest BCUT2D eigenvalue weighted by molar-refractivity contribution is 6.11. The molecule has 0 unspecified atom stereocenters. The molecular weight excluding hydrogens is 454 g/mol. The minimum Gasteiger partial charge on any atom is -0.379 e. The molecule has 2 saturated heterocycles. The van der Waals surface area contributed by atoms with Gasteiger partial charge in [-0.1, -0.05) is 6.07 Å². The summed E-state index contributed by atoms with van der Waals surface area (Å²) in [5.41, 5.74) is 5.98. The van der Waals surface area contributed by atoms with Gasteiger partial charge in [0.15, 0.2) is 5.69 Å². The van der Waals surface area contributed by atoms with E-state index >= 15 is 0 Å². The Bertz CT molecular complexity index is 1360. The number of fused-ring (bicyclic) bond motifs is 1. The van der Waals surface area contributed by atoms with Gasteiger partial charge in [0, 0.05) is 49.5 Å². The summed E-state index contributed by atoms with van der Waals surface area (Å²) in [7, 11) is 0. The Balaban J connectivity index is 1.19. The first kappa shape index (κ1) is 22.8. The molecule has 5 heterocycles. The smallest absolute Gasteiger partial charge is 0.276 e. The van der Waals surface area contributed by atoms with Crippen LogP contribution in [0.4, 0.5) is 5.69 Å². The zero-order valence-electron chi connectivity index (χ0n) is 20.1. The van der Waals surface area contributed by atoms with Crippen LogP contribution in [0.2, 0.25) is 0 Å². The number of likely N-dealkylation sites (tertiary alicyclic amines) is 1. The number of nitrogens with zero attached hydrogens (tertiary/aromatic N) is 5. The van der Waals surface area contributed by atoms with Gasteiger partial charge in [0.05, 0.1) is 36.3 Å². The molecule has 0 bridgehead atoms. The lowest BCUT2D eigenvalue weighted by Gasteiger charge is -2.30. The summed E-state index contributed by atoms with van der Waals surface area (Å²) >= 11 is 0. The average Bonchev–Trinajstić information content (AvgIpc) is 3.31. The van der Waals surface area contributed by atoms with Crippen LogP contribution in [-0.2, 0) is 17.8 Å². The van der Waals surface area contributed by atoms with Crippen molar-refractivity contribution in [3.63, 3.8) is 0 Å². The molecule has 184 valence electrons. The van der Waals surface area contributed by atoms with Crippen molar-refractivity contribution in [2.45, 2.75) is 19.5 Å². The molecule has 0 atom stereocenters. The van der Waals surface area contributed by atoms with E-state index in [1.165, 1.54) is 6.42 Å². The molecule has 36 heavy (non-hydrogen) atoms. The molecule has 2 aliphatic heterocycles. The van der Waals surface area contributed by atoms with Gasteiger partial charge in [-0.15, -0.1) is 0 Å². The van der Waals surface area contributed by atoms with E-state index in [1.807, 2.05) is 42.7 Å². The van der Waals surface area contributed by atoms with Gasteiger partial charge in [0.1, 0.15) is 0 Å². The Labute approximate surface area is 209 Å². The summed E-state index contributed by atoms with van der Waals surface area (Å²) in [6.07, 6.45) is 6.73. The Kier molecular flexibility index (Phi) is 6.42. The molecule has 2 fully saturated rings. The summed E-state index contributed by atoms with van der Waals surface area (Å²) < 4.78 is 5.45. The molecule has 0 radical (unpaired) electrons. The maximum absolute atomic E-state index is 13.1. The molecule has 2 N–H and O–H groups in total. The van der Waals surface area contributed by atoms with E-state index in [0.29, 0.717) is 11.4 Å². The molecule has 1 aromatic carbocycles. The normalized spacial score (nSPS) is 16.7. The van der Waals surface area contributed by atoms with Crippen molar-refractivity contribution >= 4 is 22.5 Å². The molecular formula is C27H29N7O2. The van der Waals surface area contributed by atoms with Gasteiger partial charge in [-0.3, -0.25) is 29.7 Å². The monoisotopic (exact) mass is 483 g/mol. The van der Waals surface area contributed by atoms with Crippen molar-refractivity contribution in [3.8, 4) is 11.1 Å². The molecule has 9 heteroatoms. The lowest BCUT2D eigenvalue weighted by Crippen LogP contribution is -2.36. The minimum absolute atomic E-state index is 0.269. The van der Waals surface area contributed by atoms with Gasteiger partial charge in [0.25, 0.3) is 5.91 Å². The Morgan fingerprint density at radius 1 is 0.944 bits per heavy atom. The van der Waals surface area contributed by atoms with E-state index in [1.54, 1.807) is 6.20 Å². The highest BCUT2D eigenvalue weighted by Gasteiger charge is 2.17. The molecule has 2 aliphatic rings. The number of rotatable bonds is 7. The molecule has 0 aliphatic carbocycles. The van der Waals surface area contributed by atoms with Gasteiger partial charge in [0.2, 0.25) is 0 Å². The quantitative estimate of drug-likeness (QED) is 0.416. The number of H-pyrrole nitrogens is 1. The molecule has 9 nitrogen and oxygen atoms in total. The molecule has 3 aromatic heterocycles. The number of hydrogen-bond acceptors (Lipinski definition) is 7. The van der Waals surface area contributed by atoms with Crippen LogP contribution < -0.4 is 5.32 Å². The number of amides is 1. The van der Waals surface area contributed by atoms with Gasteiger partial charge < -0.3 is 10.1 Å². The number of carbonyl (C=O) groups is 1. The van der Waals surface area contributed by atoms with Crippen LogP contribution in [0.3, 0.4) is 0 Å². The SMILES string of the molecule is O=C(Nc1ccc(CN2CCC2)nc1)c1n[nH]c2ccc(-c3cncc(CN4CCOCC4)c3)cc12. The van der Waals surface area contributed by atoms with Crippen molar-refractivity contribution in [1.82, 2.24) is 30.0 Å². The summed E-state index contributed by atoms with van der Waals surface area (Å²) in [4.78, 5) is 26.8. The van der Waals surface area contributed by atoms with Crippen LogP contribution in [0.15, 0.2) is 55.0 Å². The number of aromatic amines is 1. The predicted octanol–water partition coefficient (Wildman–Crippen LogP) is 3.31. The second kappa shape index (κ2) is 10.1. The topological polar surface area (TPSA) is 99.3 Å². The first-order chi connectivity index (χ1) is 17.7. The van der Waals surface area contributed by atoms with E-state index in [9.17, 15) is 4.79 Å². The second-order valence-electron chi connectivity index (χ2n) is 9.42. The Hall–Kier alpha value is -3.66. The van der Waals surface area contributed by atoms with Crippen molar-refractivity contribution in [1.29, 1.82) is 0 Å². The molecule has 0 spiro atoms. The fourth-order valence-electron chi connectivity index (χ4n) is 4.67. The Morgan fingerprint density at radius 3 is 2.58 bits per heavy atom. The molecule has 1 amide bonds. The number of aromatic nitrogens is 4. The average molecular weight is 484 g/mol. The summed E-state index contributed by atoms with van der Waals surface area (Å²) in [6, 6.07) is 12.0. The van der Waals surface area contributed by atoms with Gasteiger partial charge in [-0.05, 0) is 61.0 Å². The Morgan fingerprint density at radius 2 is 1.81 bits per heavy atom. The highest BCUT2D eigenvalue weighted by Crippen LogP contribution is 2.26. The predicted molar refractivity (Wildman–Crippen MR) is 138 cm³/mol. The number of hydrogen-bond donors (Lipinski definition) is 2. The number of ether oxygens (including phenoxy) is 1. The third-order valence-electron chi connectivity index (χ3n) is 6.83. The van der Waals surface area contributed by atoms with Crippen LogP contribution in [-0.4, -0.2) is 75.3 Å². The van der Waals surface area contributed by atoms with Crippen LogP contribution in [0, 0.1) is 0 Å². The third kappa shape index (κ3) is 4.99. The van der Waals surface area contributed by atoms with E-state index < -0.39 is 0 Å². The lowest BCUT2D eigenvalue weighted by molar-refractivity contribution is 0.0341. The zero-order valence-corrected chi connectivity index (χ0v) is 20.1. The second-order valence-corrected chi connectivity index (χ2v) is 9.42. The number of nitrogens with one attached hydrogen (secondary N) is 2. The zero-order chi connectivity index (χ0) is 24.3. The van der Waals surface area contributed by atoms with E-state index in [0.717, 1.165) is 85.8 Å². The lowest BCUT2D eigenvalue weighted by atomic mass is 10.0. The minimum atomic E-state index is -0.269. The first-order valence-electron chi connectivity index (χ1n) is 12.4. The van der Waals surface area contributed by atoms with Crippen LogP contribution in [0.5, 0.6) is 0 Å². The summed E-state index contributed by atoms with van der Waals surface area (Å²) in [5, 5.41) is 11.0. The number of benzene rings is 1. The summed E-state index contributed by atoms with van der Waals surface area (Å²) in [5.74, 6) is -0.269. The summed E-state index contributed by atoms with van der Waals surface area (Å²) in [6.45, 7) is 7.36. The van der Waals surface area contributed by atoms with Crippen LogP contribution >= 0.6 is 0 Å². The maximum atomic E-state index is 13.1. The van der Waals surface area contributed by atoms with Gasteiger partial charge >= 0.3 is 0 Å². The van der Waals surface area contributed by atoms with E-state index in [4.69, 9.17) is 4.74 Å². The molecule has 0 saturated carbocycles.